The fourth-order valence-corrected chi connectivity index (χ4v) is 1.91. The standard InChI is InChI=1S/C15H18N2O3/c1-20-10-12(18)8-9-16-15(19)14-7-6-11-4-2-3-5-13(11)17-14/h2-7,12,18H,8-10H2,1H3,(H,16,19). The first-order valence-electron chi connectivity index (χ1n) is 6.51. The second-order valence-electron chi connectivity index (χ2n) is 4.54. The van der Waals surface area contributed by atoms with E-state index < -0.39 is 6.10 Å². The highest BCUT2D eigenvalue weighted by molar-refractivity contribution is 5.94. The minimum atomic E-state index is -0.565. The summed E-state index contributed by atoms with van der Waals surface area (Å²) in [5.41, 5.74) is 1.17. The van der Waals surface area contributed by atoms with Gasteiger partial charge in [-0.3, -0.25) is 4.79 Å². The summed E-state index contributed by atoms with van der Waals surface area (Å²) < 4.78 is 4.82. The van der Waals surface area contributed by atoms with Crippen LogP contribution in [0.15, 0.2) is 36.4 Å². The Hall–Kier alpha value is -1.98. The van der Waals surface area contributed by atoms with Crippen molar-refractivity contribution in [2.75, 3.05) is 20.3 Å². The second kappa shape index (κ2) is 6.98. The molecule has 0 fully saturated rings. The average molecular weight is 274 g/mol. The Morgan fingerprint density at radius 3 is 2.95 bits per heavy atom. The Morgan fingerprint density at radius 1 is 1.35 bits per heavy atom. The molecular formula is C15H18N2O3. The van der Waals surface area contributed by atoms with Gasteiger partial charge in [-0.05, 0) is 18.6 Å². The molecule has 0 saturated carbocycles. The largest absolute Gasteiger partial charge is 0.391 e. The molecule has 106 valence electrons. The first-order chi connectivity index (χ1) is 9.70. The topological polar surface area (TPSA) is 71.5 Å². The number of aliphatic hydroxyl groups is 1. The maximum Gasteiger partial charge on any atom is 0.269 e. The van der Waals surface area contributed by atoms with Gasteiger partial charge >= 0.3 is 0 Å². The highest BCUT2D eigenvalue weighted by atomic mass is 16.5. The van der Waals surface area contributed by atoms with Crippen molar-refractivity contribution < 1.29 is 14.6 Å². The van der Waals surface area contributed by atoms with Crippen molar-refractivity contribution in [3.8, 4) is 0 Å². The number of hydrogen-bond acceptors (Lipinski definition) is 4. The highest BCUT2D eigenvalue weighted by Crippen LogP contribution is 2.11. The van der Waals surface area contributed by atoms with E-state index in [1.165, 1.54) is 7.11 Å². The van der Waals surface area contributed by atoms with Gasteiger partial charge in [-0.2, -0.15) is 0 Å². The third kappa shape index (κ3) is 3.76. The lowest BCUT2D eigenvalue weighted by molar-refractivity contribution is 0.0587. The number of amides is 1. The summed E-state index contributed by atoms with van der Waals surface area (Å²) >= 11 is 0. The van der Waals surface area contributed by atoms with Crippen LogP contribution in [0, 0.1) is 0 Å². The van der Waals surface area contributed by atoms with E-state index in [2.05, 4.69) is 10.3 Å². The van der Waals surface area contributed by atoms with Crippen LogP contribution in [-0.4, -0.2) is 42.4 Å². The molecular weight excluding hydrogens is 256 g/mol. The molecule has 1 atom stereocenters. The van der Waals surface area contributed by atoms with E-state index in [0.717, 1.165) is 10.9 Å². The molecule has 0 bridgehead atoms. The number of ether oxygens (including phenoxy) is 1. The molecule has 1 amide bonds. The number of benzene rings is 1. The lowest BCUT2D eigenvalue weighted by atomic mass is 10.2. The van der Waals surface area contributed by atoms with Crippen LogP contribution in [0.2, 0.25) is 0 Å². The fourth-order valence-electron chi connectivity index (χ4n) is 1.91. The number of fused-ring (bicyclic) bond motifs is 1. The molecule has 1 aromatic carbocycles. The molecule has 20 heavy (non-hydrogen) atoms. The van der Waals surface area contributed by atoms with Crippen LogP contribution in [0.3, 0.4) is 0 Å². The molecule has 5 nitrogen and oxygen atoms in total. The third-order valence-electron chi connectivity index (χ3n) is 2.95. The number of aliphatic hydroxyl groups excluding tert-OH is 1. The summed E-state index contributed by atoms with van der Waals surface area (Å²) in [5, 5.41) is 13.2. The van der Waals surface area contributed by atoms with Crippen molar-refractivity contribution >= 4 is 16.8 Å². The number of methoxy groups -OCH3 is 1. The van der Waals surface area contributed by atoms with Crippen LogP contribution < -0.4 is 5.32 Å². The number of carbonyl (C=O) groups excluding carboxylic acids is 1. The van der Waals surface area contributed by atoms with Crippen molar-refractivity contribution in [3.05, 3.63) is 42.1 Å². The van der Waals surface area contributed by atoms with Crippen molar-refractivity contribution in [3.63, 3.8) is 0 Å². The second-order valence-corrected chi connectivity index (χ2v) is 4.54. The molecule has 1 unspecified atom stereocenters. The number of pyridine rings is 1. The first-order valence-corrected chi connectivity index (χ1v) is 6.51. The van der Waals surface area contributed by atoms with Crippen molar-refractivity contribution in [2.24, 2.45) is 0 Å². The molecule has 0 radical (unpaired) electrons. The van der Waals surface area contributed by atoms with E-state index in [9.17, 15) is 9.90 Å². The normalized spacial score (nSPS) is 12.3. The minimum Gasteiger partial charge on any atom is -0.391 e. The van der Waals surface area contributed by atoms with Gasteiger partial charge in [-0.15, -0.1) is 0 Å². The molecule has 2 aromatic rings. The zero-order valence-electron chi connectivity index (χ0n) is 11.4. The lowest BCUT2D eigenvalue weighted by Crippen LogP contribution is -2.29. The monoisotopic (exact) mass is 274 g/mol. The number of aromatic nitrogens is 1. The molecule has 0 aliphatic rings. The fraction of sp³-hybridized carbons (Fsp3) is 0.333. The molecule has 2 N–H and O–H groups in total. The summed E-state index contributed by atoms with van der Waals surface area (Å²) in [7, 11) is 1.53. The zero-order chi connectivity index (χ0) is 14.4. The average Bonchev–Trinajstić information content (AvgIpc) is 2.47. The number of nitrogens with zero attached hydrogens (tertiary/aromatic N) is 1. The van der Waals surface area contributed by atoms with Crippen molar-refractivity contribution in [1.82, 2.24) is 10.3 Å². The number of nitrogens with one attached hydrogen (secondary N) is 1. The van der Waals surface area contributed by atoms with Crippen molar-refractivity contribution in [2.45, 2.75) is 12.5 Å². The summed E-state index contributed by atoms with van der Waals surface area (Å²) in [4.78, 5) is 16.3. The number of carbonyl (C=O) groups is 1. The van der Waals surface area contributed by atoms with E-state index in [1.807, 2.05) is 30.3 Å². The van der Waals surface area contributed by atoms with Crippen LogP contribution in [0.4, 0.5) is 0 Å². The Morgan fingerprint density at radius 2 is 2.15 bits per heavy atom. The maximum absolute atomic E-state index is 11.9. The molecule has 2 rings (SSSR count). The summed E-state index contributed by atoms with van der Waals surface area (Å²) in [5.74, 6) is -0.236. The smallest absolute Gasteiger partial charge is 0.269 e. The number of rotatable bonds is 6. The molecule has 0 spiro atoms. The molecule has 1 aromatic heterocycles. The molecule has 1 heterocycles. The Kier molecular flexibility index (Phi) is 5.03. The van der Waals surface area contributed by atoms with Gasteiger partial charge in [0.05, 0.1) is 18.2 Å². The molecule has 0 aliphatic carbocycles. The predicted octanol–water partition coefficient (Wildman–Crippen LogP) is 1.36. The third-order valence-corrected chi connectivity index (χ3v) is 2.95. The summed E-state index contributed by atoms with van der Waals surface area (Å²) in [6.07, 6.45) is -0.113. The van der Waals surface area contributed by atoms with E-state index in [4.69, 9.17) is 4.74 Å². The van der Waals surface area contributed by atoms with Gasteiger partial charge in [0.15, 0.2) is 0 Å². The van der Waals surface area contributed by atoms with Crippen LogP contribution in [0.25, 0.3) is 10.9 Å². The minimum absolute atomic E-state index is 0.236. The van der Waals surface area contributed by atoms with Gasteiger partial charge in [-0.25, -0.2) is 4.98 Å². The Labute approximate surface area is 117 Å². The predicted molar refractivity (Wildman–Crippen MR) is 76.6 cm³/mol. The van der Waals surface area contributed by atoms with Crippen LogP contribution in [0.1, 0.15) is 16.9 Å². The maximum atomic E-state index is 11.9. The lowest BCUT2D eigenvalue weighted by Gasteiger charge is -2.10. The number of hydrogen-bond donors (Lipinski definition) is 2. The number of para-hydroxylation sites is 1. The van der Waals surface area contributed by atoms with E-state index in [-0.39, 0.29) is 12.5 Å². The molecule has 0 aliphatic heterocycles. The van der Waals surface area contributed by atoms with Crippen LogP contribution in [-0.2, 0) is 4.74 Å². The highest BCUT2D eigenvalue weighted by Gasteiger charge is 2.09. The first kappa shape index (κ1) is 14.4. The molecule has 0 saturated heterocycles. The SMILES string of the molecule is COCC(O)CCNC(=O)c1ccc2ccccc2n1. The molecule has 5 heteroatoms. The quantitative estimate of drug-likeness (QED) is 0.834. The summed E-state index contributed by atoms with van der Waals surface area (Å²) in [6.45, 7) is 0.655. The van der Waals surface area contributed by atoms with Crippen LogP contribution in [0.5, 0.6) is 0 Å². The summed E-state index contributed by atoms with van der Waals surface area (Å²) in [6, 6.07) is 11.2. The Balaban J connectivity index is 1.94. The Bertz CT molecular complexity index is 586. The van der Waals surface area contributed by atoms with Gasteiger partial charge in [-0.1, -0.05) is 24.3 Å². The zero-order valence-corrected chi connectivity index (χ0v) is 11.4. The van der Waals surface area contributed by atoms with E-state index >= 15 is 0 Å². The van der Waals surface area contributed by atoms with Gasteiger partial charge < -0.3 is 15.2 Å². The van der Waals surface area contributed by atoms with Gasteiger partial charge in [0.25, 0.3) is 5.91 Å². The van der Waals surface area contributed by atoms with Crippen molar-refractivity contribution in [1.29, 1.82) is 0 Å². The van der Waals surface area contributed by atoms with E-state index in [0.29, 0.717) is 18.7 Å². The van der Waals surface area contributed by atoms with Gasteiger partial charge in [0.2, 0.25) is 0 Å². The van der Waals surface area contributed by atoms with E-state index in [1.54, 1.807) is 6.07 Å². The van der Waals surface area contributed by atoms with Gasteiger partial charge in [0.1, 0.15) is 5.69 Å². The van der Waals surface area contributed by atoms with Gasteiger partial charge in [0, 0.05) is 19.0 Å². The van der Waals surface area contributed by atoms with Crippen LogP contribution >= 0.6 is 0 Å².